The summed E-state index contributed by atoms with van der Waals surface area (Å²) in [6.07, 6.45) is 3.60. The Kier molecular flexibility index (Phi) is 5.54. The highest BCUT2D eigenvalue weighted by Gasteiger charge is 2.17. The van der Waals surface area contributed by atoms with E-state index in [4.69, 9.17) is 4.74 Å². The molecule has 0 spiro atoms. The molecule has 8 heteroatoms. The largest absolute Gasteiger partial charge is 0.471 e. The van der Waals surface area contributed by atoms with Gasteiger partial charge in [-0.2, -0.15) is 10.2 Å². The van der Waals surface area contributed by atoms with Gasteiger partial charge in [0.25, 0.3) is 5.91 Å². The van der Waals surface area contributed by atoms with Gasteiger partial charge in [-0.1, -0.05) is 0 Å². The number of benzene rings is 1. The number of aryl methyl sites for hydroxylation is 2. The first-order valence-electron chi connectivity index (χ1n) is 8.73. The Bertz CT molecular complexity index is 917. The van der Waals surface area contributed by atoms with Crippen molar-refractivity contribution < 1.29 is 13.9 Å². The monoisotopic (exact) mass is 371 g/mol. The minimum atomic E-state index is -0.325. The molecule has 0 saturated carbocycles. The summed E-state index contributed by atoms with van der Waals surface area (Å²) in [6.45, 7) is 6.75. The molecule has 2 aromatic heterocycles. The molecule has 1 aromatic carbocycles. The highest BCUT2D eigenvalue weighted by Crippen LogP contribution is 2.17. The van der Waals surface area contributed by atoms with Crippen molar-refractivity contribution in [3.8, 4) is 5.75 Å². The summed E-state index contributed by atoms with van der Waals surface area (Å²) in [5.74, 6) is -0.0733. The zero-order chi connectivity index (χ0) is 19.4. The number of hydrogen-bond acceptors (Lipinski definition) is 4. The third-order valence-electron chi connectivity index (χ3n) is 4.17. The van der Waals surface area contributed by atoms with Gasteiger partial charge in [0.1, 0.15) is 17.3 Å². The van der Waals surface area contributed by atoms with Crippen molar-refractivity contribution in [1.82, 2.24) is 24.9 Å². The summed E-state index contributed by atoms with van der Waals surface area (Å²) in [7, 11) is 0. The van der Waals surface area contributed by atoms with Gasteiger partial charge in [0.05, 0.1) is 11.7 Å². The van der Waals surface area contributed by atoms with Crippen LogP contribution < -0.4 is 10.1 Å². The van der Waals surface area contributed by atoms with E-state index in [1.807, 2.05) is 31.6 Å². The molecule has 3 aromatic rings. The Morgan fingerprint density at radius 1 is 1.22 bits per heavy atom. The number of ether oxygens (including phenoxy) is 1. The minimum absolute atomic E-state index is 0.122. The Morgan fingerprint density at radius 2 is 1.96 bits per heavy atom. The molecule has 0 radical (unpaired) electrons. The van der Waals surface area contributed by atoms with E-state index >= 15 is 0 Å². The number of carbonyl (C=O) groups excluding carboxylic acids is 1. The van der Waals surface area contributed by atoms with E-state index < -0.39 is 0 Å². The molecule has 142 valence electrons. The molecule has 1 amide bonds. The van der Waals surface area contributed by atoms with Gasteiger partial charge in [0, 0.05) is 24.5 Å². The van der Waals surface area contributed by atoms with E-state index in [-0.39, 0.29) is 24.5 Å². The average Bonchev–Trinajstić information content (AvgIpc) is 3.27. The normalized spacial score (nSPS) is 12.0. The quantitative estimate of drug-likeness (QED) is 0.693. The predicted octanol–water partition coefficient (Wildman–Crippen LogP) is 3.07. The van der Waals surface area contributed by atoms with Crippen LogP contribution in [-0.4, -0.2) is 25.5 Å². The Morgan fingerprint density at radius 3 is 2.63 bits per heavy atom. The van der Waals surface area contributed by atoms with Gasteiger partial charge in [-0.05, 0) is 51.1 Å². The van der Waals surface area contributed by atoms with E-state index in [9.17, 15) is 9.18 Å². The lowest BCUT2D eigenvalue weighted by molar-refractivity contribution is 0.0932. The smallest absolute Gasteiger partial charge is 0.272 e. The third kappa shape index (κ3) is 4.52. The lowest BCUT2D eigenvalue weighted by Gasteiger charge is -2.12. The van der Waals surface area contributed by atoms with Gasteiger partial charge in [0.2, 0.25) is 0 Å². The molecule has 0 aliphatic heterocycles. The molecule has 0 bridgehead atoms. The molecule has 27 heavy (non-hydrogen) atoms. The van der Waals surface area contributed by atoms with Crippen molar-refractivity contribution in [2.24, 2.45) is 0 Å². The van der Waals surface area contributed by atoms with Crippen molar-refractivity contribution in [3.05, 3.63) is 65.5 Å². The number of aromatic nitrogens is 4. The highest BCUT2D eigenvalue weighted by molar-refractivity contribution is 5.92. The van der Waals surface area contributed by atoms with Crippen LogP contribution in [0, 0.1) is 12.7 Å². The van der Waals surface area contributed by atoms with Crippen LogP contribution in [-0.2, 0) is 13.3 Å². The van der Waals surface area contributed by atoms with Gasteiger partial charge >= 0.3 is 0 Å². The maximum Gasteiger partial charge on any atom is 0.272 e. The summed E-state index contributed by atoms with van der Waals surface area (Å²) >= 11 is 0. The standard InChI is InChI=1S/C19H22FN5O2/c1-4-24-11-17(14(3)22-24)13(2)21-19(26)18-9-10-25(23-18)12-27-16-7-5-15(20)6-8-16/h5-11,13H,4,12H2,1-3H3,(H,21,26). The molecule has 0 fully saturated rings. The van der Waals surface area contributed by atoms with Gasteiger partial charge in [-0.25, -0.2) is 9.07 Å². The summed E-state index contributed by atoms with van der Waals surface area (Å²) in [4.78, 5) is 12.4. The molecule has 1 atom stereocenters. The number of hydrogen-bond donors (Lipinski definition) is 1. The van der Waals surface area contributed by atoms with Crippen molar-refractivity contribution >= 4 is 5.91 Å². The molecular formula is C19H22FN5O2. The fourth-order valence-corrected chi connectivity index (χ4v) is 2.69. The number of nitrogens with one attached hydrogen (secondary N) is 1. The van der Waals surface area contributed by atoms with Crippen LogP contribution in [0.3, 0.4) is 0 Å². The molecule has 0 aliphatic carbocycles. The number of amides is 1. The molecule has 0 saturated heterocycles. The third-order valence-corrected chi connectivity index (χ3v) is 4.17. The van der Waals surface area contributed by atoms with E-state index in [0.717, 1.165) is 17.8 Å². The van der Waals surface area contributed by atoms with Crippen LogP contribution in [0.2, 0.25) is 0 Å². The van der Waals surface area contributed by atoms with Crippen LogP contribution >= 0.6 is 0 Å². The van der Waals surface area contributed by atoms with Crippen molar-refractivity contribution in [2.45, 2.75) is 40.1 Å². The Labute approximate surface area is 156 Å². The topological polar surface area (TPSA) is 74.0 Å². The maximum absolute atomic E-state index is 12.9. The summed E-state index contributed by atoms with van der Waals surface area (Å²) in [5.41, 5.74) is 2.16. The average molecular weight is 371 g/mol. The number of nitrogens with zero attached hydrogens (tertiary/aromatic N) is 4. The molecular weight excluding hydrogens is 349 g/mol. The van der Waals surface area contributed by atoms with Crippen LogP contribution in [0.15, 0.2) is 42.7 Å². The maximum atomic E-state index is 12.9. The van der Waals surface area contributed by atoms with E-state index in [0.29, 0.717) is 11.4 Å². The van der Waals surface area contributed by atoms with E-state index in [2.05, 4.69) is 15.5 Å². The number of halogens is 1. The van der Waals surface area contributed by atoms with Crippen LogP contribution in [0.4, 0.5) is 4.39 Å². The zero-order valence-electron chi connectivity index (χ0n) is 15.5. The van der Waals surface area contributed by atoms with Crippen molar-refractivity contribution in [3.63, 3.8) is 0 Å². The zero-order valence-corrected chi connectivity index (χ0v) is 15.5. The fourth-order valence-electron chi connectivity index (χ4n) is 2.69. The Balaban J connectivity index is 1.59. The lowest BCUT2D eigenvalue weighted by atomic mass is 10.1. The second-order valence-corrected chi connectivity index (χ2v) is 6.19. The van der Waals surface area contributed by atoms with Crippen LogP contribution in [0.5, 0.6) is 5.75 Å². The first kappa shape index (κ1) is 18.6. The summed E-state index contributed by atoms with van der Waals surface area (Å²) < 4.78 is 21.8. The molecule has 1 unspecified atom stereocenters. The minimum Gasteiger partial charge on any atom is -0.471 e. The van der Waals surface area contributed by atoms with Gasteiger partial charge in [-0.15, -0.1) is 0 Å². The Hall–Kier alpha value is -3.16. The lowest BCUT2D eigenvalue weighted by Crippen LogP contribution is -2.27. The SMILES string of the molecule is CCn1cc(C(C)NC(=O)c2ccn(COc3ccc(F)cc3)n2)c(C)n1. The molecule has 0 aliphatic rings. The van der Waals surface area contributed by atoms with Gasteiger partial charge in [0.15, 0.2) is 6.73 Å². The second-order valence-electron chi connectivity index (χ2n) is 6.19. The summed E-state index contributed by atoms with van der Waals surface area (Å²) in [5, 5.41) is 11.6. The number of rotatable bonds is 7. The van der Waals surface area contributed by atoms with Crippen LogP contribution in [0.1, 0.15) is 41.6 Å². The van der Waals surface area contributed by atoms with Gasteiger partial charge < -0.3 is 10.1 Å². The van der Waals surface area contributed by atoms with Crippen molar-refractivity contribution in [1.29, 1.82) is 0 Å². The van der Waals surface area contributed by atoms with Crippen molar-refractivity contribution in [2.75, 3.05) is 0 Å². The first-order chi connectivity index (χ1) is 13.0. The molecule has 3 rings (SSSR count). The fraction of sp³-hybridized carbons (Fsp3) is 0.316. The number of carbonyl (C=O) groups is 1. The predicted molar refractivity (Wildman–Crippen MR) is 97.8 cm³/mol. The highest BCUT2D eigenvalue weighted by atomic mass is 19.1. The van der Waals surface area contributed by atoms with E-state index in [1.165, 1.54) is 28.9 Å². The molecule has 2 heterocycles. The molecule has 7 nitrogen and oxygen atoms in total. The summed E-state index contributed by atoms with van der Waals surface area (Å²) in [6, 6.07) is 7.15. The van der Waals surface area contributed by atoms with Gasteiger partial charge in [-0.3, -0.25) is 9.48 Å². The van der Waals surface area contributed by atoms with E-state index in [1.54, 1.807) is 12.3 Å². The second kappa shape index (κ2) is 8.03. The first-order valence-corrected chi connectivity index (χ1v) is 8.73. The van der Waals surface area contributed by atoms with Crippen LogP contribution in [0.25, 0.3) is 0 Å². The molecule has 1 N–H and O–H groups in total.